The minimum atomic E-state index is -0.116. The second-order valence-electron chi connectivity index (χ2n) is 6.30. The van der Waals surface area contributed by atoms with Gasteiger partial charge in [0.1, 0.15) is 17.0 Å². The van der Waals surface area contributed by atoms with Crippen molar-refractivity contribution in [2.75, 3.05) is 7.11 Å². The molecule has 0 aliphatic heterocycles. The molecule has 0 atom stereocenters. The first kappa shape index (κ1) is 15.5. The summed E-state index contributed by atoms with van der Waals surface area (Å²) in [5.41, 5.74) is 3.59. The quantitative estimate of drug-likeness (QED) is 0.355. The molecule has 27 heavy (non-hydrogen) atoms. The van der Waals surface area contributed by atoms with Crippen LogP contribution in [0.25, 0.3) is 38.7 Å². The third-order valence-corrected chi connectivity index (χ3v) is 4.75. The number of hydrogen-bond acceptors (Lipinski definition) is 4. The fourth-order valence-electron chi connectivity index (χ4n) is 3.42. The van der Waals surface area contributed by atoms with E-state index < -0.39 is 0 Å². The Morgan fingerprint density at radius 3 is 2.56 bits per heavy atom. The highest BCUT2D eigenvalue weighted by atomic mass is 16.5. The monoisotopic (exact) mass is 353 g/mol. The van der Waals surface area contributed by atoms with Crippen LogP contribution in [0.5, 0.6) is 5.75 Å². The zero-order valence-corrected chi connectivity index (χ0v) is 14.6. The van der Waals surface area contributed by atoms with Gasteiger partial charge in [0.15, 0.2) is 0 Å². The van der Waals surface area contributed by atoms with Gasteiger partial charge >= 0.3 is 0 Å². The molecule has 5 aromatic rings. The molecule has 5 nitrogen and oxygen atoms in total. The number of methoxy groups -OCH3 is 1. The van der Waals surface area contributed by atoms with Crippen LogP contribution < -0.4 is 10.3 Å². The minimum absolute atomic E-state index is 0.116. The van der Waals surface area contributed by atoms with Gasteiger partial charge in [-0.1, -0.05) is 24.3 Å². The van der Waals surface area contributed by atoms with Crippen molar-refractivity contribution in [3.05, 3.63) is 83.3 Å². The normalized spacial score (nSPS) is 11.3. The second kappa shape index (κ2) is 5.92. The van der Waals surface area contributed by atoms with E-state index >= 15 is 0 Å². The van der Waals surface area contributed by atoms with E-state index in [-0.39, 0.29) is 5.56 Å². The zero-order valence-electron chi connectivity index (χ0n) is 14.6. The molecule has 0 bridgehead atoms. The molecule has 2 aromatic carbocycles. The Balaban J connectivity index is 1.98. The first-order chi connectivity index (χ1) is 13.3. The molecule has 5 heteroatoms. The molecule has 0 spiro atoms. The highest BCUT2D eigenvalue weighted by molar-refractivity contribution is 5.92. The molecule has 0 saturated carbocycles. The van der Waals surface area contributed by atoms with E-state index in [1.54, 1.807) is 23.8 Å². The van der Waals surface area contributed by atoms with E-state index in [4.69, 9.17) is 9.72 Å². The van der Waals surface area contributed by atoms with Crippen LogP contribution in [0.15, 0.2) is 77.7 Å². The third kappa shape index (κ3) is 2.36. The number of para-hydroxylation sites is 1. The largest absolute Gasteiger partial charge is 0.497 e. The summed E-state index contributed by atoms with van der Waals surface area (Å²) >= 11 is 0. The average Bonchev–Trinajstić information content (AvgIpc) is 2.73. The third-order valence-electron chi connectivity index (χ3n) is 4.75. The minimum Gasteiger partial charge on any atom is -0.497 e. The molecular weight excluding hydrogens is 338 g/mol. The smallest absolute Gasteiger partial charge is 0.267 e. The zero-order chi connectivity index (χ0) is 18.4. The van der Waals surface area contributed by atoms with E-state index in [0.29, 0.717) is 22.2 Å². The molecule has 3 heterocycles. The van der Waals surface area contributed by atoms with Gasteiger partial charge in [-0.2, -0.15) is 0 Å². The van der Waals surface area contributed by atoms with Gasteiger partial charge in [0, 0.05) is 17.1 Å². The Kier molecular flexibility index (Phi) is 3.40. The van der Waals surface area contributed by atoms with Crippen LogP contribution in [-0.2, 0) is 0 Å². The van der Waals surface area contributed by atoms with Gasteiger partial charge in [-0.3, -0.25) is 4.79 Å². The topological polar surface area (TPSA) is 56.5 Å². The van der Waals surface area contributed by atoms with Crippen LogP contribution in [0.2, 0.25) is 0 Å². The molecule has 0 N–H and O–H groups in total. The highest BCUT2D eigenvalue weighted by Crippen LogP contribution is 2.29. The number of rotatable bonds is 2. The van der Waals surface area contributed by atoms with Crippen LogP contribution in [0.3, 0.4) is 0 Å². The Bertz CT molecular complexity index is 1370. The summed E-state index contributed by atoms with van der Waals surface area (Å²) in [6, 6.07) is 21.0. The summed E-state index contributed by atoms with van der Waals surface area (Å²) in [4.78, 5) is 22.5. The maximum atomic E-state index is 13.2. The van der Waals surface area contributed by atoms with Crippen molar-refractivity contribution >= 4 is 27.6 Å². The molecule has 0 amide bonds. The SMILES string of the molecule is COc1ccc(-c2cc3cccnc3n3c(=O)c4ccccc4nc23)cc1. The van der Waals surface area contributed by atoms with Crippen molar-refractivity contribution in [3.8, 4) is 16.9 Å². The fraction of sp³-hybridized carbons (Fsp3) is 0.0455. The summed E-state index contributed by atoms with van der Waals surface area (Å²) in [6.07, 6.45) is 1.69. The lowest BCUT2D eigenvalue weighted by Gasteiger charge is -2.12. The van der Waals surface area contributed by atoms with E-state index in [9.17, 15) is 4.79 Å². The van der Waals surface area contributed by atoms with Crippen LogP contribution in [-0.4, -0.2) is 21.5 Å². The van der Waals surface area contributed by atoms with Crippen molar-refractivity contribution < 1.29 is 4.74 Å². The summed E-state index contributed by atoms with van der Waals surface area (Å²) in [6.45, 7) is 0. The molecule has 0 aliphatic rings. The van der Waals surface area contributed by atoms with Crippen LogP contribution in [0.4, 0.5) is 0 Å². The molecule has 0 fully saturated rings. The van der Waals surface area contributed by atoms with Crippen molar-refractivity contribution in [1.29, 1.82) is 0 Å². The Labute approximate surface area is 154 Å². The molecule has 0 saturated heterocycles. The summed E-state index contributed by atoms with van der Waals surface area (Å²) in [5, 5.41) is 1.46. The van der Waals surface area contributed by atoms with Gasteiger partial charge in [-0.25, -0.2) is 14.4 Å². The van der Waals surface area contributed by atoms with Gasteiger partial charge in [0.05, 0.1) is 18.0 Å². The van der Waals surface area contributed by atoms with Crippen molar-refractivity contribution in [3.63, 3.8) is 0 Å². The lowest BCUT2D eigenvalue weighted by Crippen LogP contribution is -2.17. The van der Waals surface area contributed by atoms with Crippen molar-refractivity contribution in [2.24, 2.45) is 0 Å². The van der Waals surface area contributed by atoms with Gasteiger partial charge < -0.3 is 4.74 Å². The number of ether oxygens (including phenoxy) is 1. The lowest BCUT2D eigenvalue weighted by atomic mass is 10.0. The van der Waals surface area contributed by atoms with Gasteiger partial charge in [0.2, 0.25) is 0 Å². The number of nitrogens with zero attached hydrogens (tertiary/aromatic N) is 3. The Hall–Kier alpha value is -3.73. The number of aromatic nitrogens is 3. The fourth-order valence-corrected chi connectivity index (χ4v) is 3.42. The number of benzene rings is 2. The molecule has 5 rings (SSSR count). The second-order valence-corrected chi connectivity index (χ2v) is 6.30. The van der Waals surface area contributed by atoms with Crippen LogP contribution in [0.1, 0.15) is 0 Å². The average molecular weight is 353 g/mol. The first-order valence-electron chi connectivity index (χ1n) is 8.60. The Morgan fingerprint density at radius 1 is 0.926 bits per heavy atom. The number of hydrogen-bond donors (Lipinski definition) is 0. The van der Waals surface area contributed by atoms with Crippen LogP contribution in [0, 0.1) is 0 Å². The van der Waals surface area contributed by atoms with Crippen LogP contribution >= 0.6 is 0 Å². The maximum Gasteiger partial charge on any atom is 0.267 e. The van der Waals surface area contributed by atoms with E-state index in [1.807, 2.05) is 60.7 Å². The van der Waals surface area contributed by atoms with Gasteiger partial charge in [0.25, 0.3) is 5.56 Å². The van der Waals surface area contributed by atoms with E-state index in [0.717, 1.165) is 22.3 Å². The molecule has 0 unspecified atom stereocenters. The number of pyridine rings is 2. The summed E-state index contributed by atoms with van der Waals surface area (Å²) in [7, 11) is 1.64. The molecular formula is C22H15N3O2. The molecule has 0 radical (unpaired) electrons. The van der Waals surface area contributed by atoms with Gasteiger partial charge in [-0.15, -0.1) is 0 Å². The summed E-state index contributed by atoms with van der Waals surface area (Å²) < 4.78 is 6.87. The molecule has 3 aromatic heterocycles. The predicted molar refractivity (Wildman–Crippen MR) is 106 cm³/mol. The first-order valence-corrected chi connectivity index (χ1v) is 8.60. The standard InChI is InChI=1S/C22H15N3O2/c1-27-16-10-8-14(9-11-16)18-13-15-5-4-12-23-20(15)25-21(18)24-19-7-3-2-6-17(19)22(25)26/h2-13H,1H3. The van der Waals surface area contributed by atoms with Gasteiger partial charge in [-0.05, 0) is 48.0 Å². The highest BCUT2D eigenvalue weighted by Gasteiger charge is 2.14. The Morgan fingerprint density at radius 2 is 1.74 bits per heavy atom. The summed E-state index contributed by atoms with van der Waals surface area (Å²) in [5.74, 6) is 0.779. The van der Waals surface area contributed by atoms with E-state index in [2.05, 4.69) is 4.98 Å². The number of fused-ring (bicyclic) bond motifs is 4. The van der Waals surface area contributed by atoms with Crippen molar-refractivity contribution in [1.82, 2.24) is 14.4 Å². The maximum absolute atomic E-state index is 13.2. The van der Waals surface area contributed by atoms with Crippen molar-refractivity contribution in [2.45, 2.75) is 0 Å². The molecule has 0 aliphatic carbocycles. The van der Waals surface area contributed by atoms with E-state index in [1.165, 1.54) is 0 Å². The molecule has 130 valence electrons. The lowest BCUT2D eigenvalue weighted by molar-refractivity contribution is 0.415. The predicted octanol–water partition coefficient (Wildman–Crippen LogP) is 4.07.